The van der Waals surface area contributed by atoms with Crippen molar-refractivity contribution >= 4 is 17.5 Å². The summed E-state index contributed by atoms with van der Waals surface area (Å²) in [6.45, 7) is 5.72. The number of pyridine rings is 1. The van der Waals surface area contributed by atoms with Crippen molar-refractivity contribution in [2.24, 2.45) is 0 Å². The van der Waals surface area contributed by atoms with Crippen molar-refractivity contribution in [3.63, 3.8) is 0 Å². The smallest absolute Gasteiger partial charge is 0.337 e. The zero-order chi connectivity index (χ0) is 13.0. The second-order valence-corrected chi connectivity index (χ2v) is 3.46. The molecule has 0 spiro atoms. The number of rotatable bonds is 5. The zero-order valence-electron chi connectivity index (χ0n) is 9.14. The number of nitro groups is 1. The van der Waals surface area contributed by atoms with Crippen LogP contribution in [0.4, 0.5) is 11.5 Å². The van der Waals surface area contributed by atoms with E-state index in [1.54, 1.807) is 6.92 Å². The maximum absolute atomic E-state index is 10.8. The summed E-state index contributed by atoms with van der Waals surface area (Å²) in [5, 5.41) is 22.2. The summed E-state index contributed by atoms with van der Waals surface area (Å²) in [4.78, 5) is 24.4. The van der Waals surface area contributed by atoms with Crippen LogP contribution < -0.4 is 5.32 Å². The van der Waals surface area contributed by atoms with Crippen LogP contribution in [0, 0.1) is 10.1 Å². The number of nitrogens with one attached hydrogen (secondary N) is 1. The van der Waals surface area contributed by atoms with Gasteiger partial charge in [0.25, 0.3) is 0 Å². The molecule has 1 rings (SSSR count). The molecule has 1 aromatic rings. The molecule has 0 aliphatic carbocycles. The predicted molar refractivity (Wildman–Crippen MR) is 61.2 cm³/mol. The topological polar surface area (TPSA) is 105 Å². The van der Waals surface area contributed by atoms with E-state index >= 15 is 0 Å². The minimum absolute atomic E-state index is 0.0306. The van der Waals surface area contributed by atoms with E-state index in [1.807, 2.05) is 0 Å². The van der Waals surface area contributed by atoms with Crippen molar-refractivity contribution in [1.29, 1.82) is 0 Å². The van der Waals surface area contributed by atoms with Gasteiger partial charge in [-0.15, -0.1) is 0 Å². The molecule has 0 amide bonds. The van der Waals surface area contributed by atoms with Crippen LogP contribution in [0.15, 0.2) is 24.4 Å². The van der Waals surface area contributed by atoms with Gasteiger partial charge in [-0.1, -0.05) is 12.2 Å². The lowest BCUT2D eigenvalue weighted by molar-refractivity contribution is -0.384. The molecule has 0 aromatic carbocycles. The third-order valence-electron chi connectivity index (χ3n) is 1.87. The second-order valence-electron chi connectivity index (χ2n) is 3.46. The highest BCUT2D eigenvalue weighted by molar-refractivity contribution is 5.88. The lowest BCUT2D eigenvalue weighted by Crippen LogP contribution is -2.08. The Bertz CT molecular complexity index is 484. The van der Waals surface area contributed by atoms with E-state index in [4.69, 9.17) is 5.11 Å². The van der Waals surface area contributed by atoms with Gasteiger partial charge in [0.15, 0.2) is 0 Å². The Balaban J connectivity index is 3.08. The molecule has 0 radical (unpaired) electrons. The Morgan fingerprint density at radius 3 is 2.82 bits per heavy atom. The SMILES string of the molecule is C=C(C)CNc1ncc(C(=O)O)cc1[N+](=O)[O-]. The zero-order valence-corrected chi connectivity index (χ0v) is 9.14. The molecule has 1 aromatic heterocycles. The summed E-state index contributed by atoms with van der Waals surface area (Å²) in [7, 11) is 0. The molecule has 0 bridgehead atoms. The number of carboxylic acid groups (broad SMARTS) is 1. The Labute approximate surface area is 96.9 Å². The van der Waals surface area contributed by atoms with Crippen LogP contribution in [0.5, 0.6) is 0 Å². The van der Waals surface area contributed by atoms with E-state index in [9.17, 15) is 14.9 Å². The minimum Gasteiger partial charge on any atom is -0.478 e. The largest absolute Gasteiger partial charge is 0.478 e. The van der Waals surface area contributed by atoms with Crippen LogP contribution >= 0.6 is 0 Å². The number of anilines is 1. The summed E-state index contributed by atoms with van der Waals surface area (Å²) >= 11 is 0. The number of hydrogen-bond donors (Lipinski definition) is 2. The van der Waals surface area contributed by atoms with Crippen LogP contribution in [-0.4, -0.2) is 27.5 Å². The fourth-order valence-electron chi connectivity index (χ4n) is 1.08. The van der Waals surface area contributed by atoms with E-state index in [2.05, 4.69) is 16.9 Å². The Kier molecular flexibility index (Phi) is 3.76. The van der Waals surface area contributed by atoms with Gasteiger partial charge in [0.05, 0.1) is 10.5 Å². The summed E-state index contributed by atoms with van der Waals surface area (Å²) in [6, 6.07) is 0.968. The Morgan fingerprint density at radius 1 is 1.71 bits per heavy atom. The molecule has 0 unspecified atom stereocenters. The highest BCUT2D eigenvalue weighted by Gasteiger charge is 2.18. The summed E-state index contributed by atoms with van der Waals surface area (Å²) in [5.41, 5.74) is 0.187. The number of hydrogen-bond acceptors (Lipinski definition) is 5. The molecule has 0 fully saturated rings. The van der Waals surface area contributed by atoms with Crippen LogP contribution in [0.3, 0.4) is 0 Å². The van der Waals surface area contributed by atoms with Gasteiger partial charge < -0.3 is 10.4 Å². The van der Waals surface area contributed by atoms with Crippen LogP contribution in [0.2, 0.25) is 0 Å². The number of aromatic carboxylic acids is 1. The highest BCUT2D eigenvalue weighted by Crippen LogP contribution is 2.22. The fraction of sp³-hybridized carbons (Fsp3) is 0.200. The molecule has 0 atom stereocenters. The normalized spacial score (nSPS) is 9.71. The van der Waals surface area contributed by atoms with Gasteiger partial charge in [-0.05, 0) is 6.92 Å². The van der Waals surface area contributed by atoms with E-state index in [1.165, 1.54) is 0 Å². The number of nitrogens with zero attached hydrogens (tertiary/aromatic N) is 2. The van der Waals surface area contributed by atoms with Crippen molar-refractivity contribution in [3.05, 3.63) is 40.1 Å². The molecule has 0 saturated carbocycles. The van der Waals surface area contributed by atoms with Gasteiger partial charge in [0.2, 0.25) is 5.82 Å². The van der Waals surface area contributed by atoms with Gasteiger partial charge in [-0.25, -0.2) is 9.78 Å². The quantitative estimate of drug-likeness (QED) is 0.458. The first kappa shape index (κ1) is 12.6. The molecule has 0 aliphatic rings. The molecule has 0 aliphatic heterocycles. The van der Waals surface area contributed by atoms with Gasteiger partial charge in [-0.3, -0.25) is 10.1 Å². The van der Waals surface area contributed by atoms with Crippen molar-refractivity contribution in [2.45, 2.75) is 6.92 Å². The average molecular weight is 237 g/mol. The van der Waals surface area contributed by atoms with Crippen molar-refractivity contribution in [3.8, 4) is 0 Å². The van der Waals surface area contributed by atoms with Crippen LogP contribution in [0.1, 0.15) is 17.3 Å². The lowest BCUT2D eigenvalue weighted by atomic mass is 10.2. The predicted octanol–water partition coefficient (Wildman–Crippen LogP) is 1.68. The van der Waals surface area contributed by atoms with Crippen LogP contribution in [-0.2, 0) is 0 Å². The van der Waals surface area contributed by atoms with E-state index in [0.29, 0.717) is 6.54 Å². The third-order valence-corrected chi connectivity index (χ3v) is 1.87. The third kappa shape index (κ3) is 3.26. The molecule has 17 heavy (non-hydrogen) atoms. The first-order chi connectivity index (χ1) is 7.91. The van der Waals surface area contributed by atoms with E-state index < -0.39 is 10.9 Å². The fourth-order valence-corrected chi connectivity index (χ4v) is 1.08. The number of aromatic nitrogens is 1. The molecular formula is C10H11N3O4. The molecular weight excluding hydrogens is 226 g/mol. The van der Waals surface area contributed by atoms with Crippen molar-refractivity contribution < 1.29 is 14.8 Å². The molecule has 0 saturated heterocycles. The monoisotopic (exact) mass is 237 g/mol. The summed E-state index contributed by atoms with van der Waals surface area (Å²) in [5.74, 6) is -1.23. The first-order valence-electron chi connectivity index (χ1n) is 4.67. The lowest BCUT2D eigenvalue weighted by Gasteiger charge is -2.05. The molecule has 7 heteroatoms. The minimum atomic E-state index is -1.26. The first-order valence-corrected chi connectivity index (χ1v) is 4.67. The second kappa shape index (κ2) is 5.06. The molecule has 90 valence electrons. The van der Waals surface area contributed by atoms with Gasteiger partial charge in [-0.2, -0.15) is 0 Å². The van der Waals surface area contributed by atoms with Gasteiger partial charge in [0.1, 0.15) is 0 Å². The van der Waals surface area contributed by atoms with Gasteiger partial charge in [0, 0.05) is 18.8 Å². The Hall–Kier alpha value is -2.44. The number of carbonyl (C=O) groups is 1. The van der Waals surface area contributed by atoms with E-state index in [-0.39, 0.29) is 17.1 Å². The average Bonchev–Trinajstić information content (AvgIpc) is 2.25. The molecule has 1 heterocycles. The number of carboxylic acids is 1. The standard InChI is InChI=1S/C10H11N3O4/c1-6(2)4-11-9-8(13(16)17)3-7(5-12-9)10(14)15/h3,5H,1,4H2,2H3,(H,11,12)(H,14,15). The summed E-state index contributed by atoms with van der Waals surface area (Å²) in [6.07, 6.45) is 1.07. The molecule has 7 nitrogen and oxygen atoms in total. The maximum Gasteiger partial charge on any atom is 0.337 e. The summed E-state index contributed by atoms with van der Waals surface area (Å²) < 4.78 is 0. The van der Waals surface area contributed by atoms with Crippen molar-refractivity contribution in [1.82, 2.24) is 4.98 Å². The molecule has 2 N–H and O–H groups in total. The van der Waals surface area contributed by atoms with E-state index in [0.717, 1.165) is 17.8 Å². The van der Waals surface area contributed by atoms with Crippen LogP contribution in [0.25, 0.3) is 0 Å². The van der Waals surface area contributed by atoms with Crippen molar-refractivity contribution in [2.75, 3.05) is 11.9 Å². The Morgan fingerprint density at radius 2 is 2.35 bits per heavy atom. The maximum atomic E-state index is 10.8. The van der Waals surface area contributed by atoms with Gasteiger partial charge >= 0.3 is 11.7 Å². The highest BCUT2D eigenvalue weighted by atomic mass is 16.6.